The van der Waals surface area contributed by atoms with Crippen molar-refractivity contribution in [2.75, 3.05) is 26.2 Å². The number of hydrogen-bond donors (Lipinski definition) is 1. The van der Waals surface area contributed by atoms with Crippen molar-refractivity contribution in [1.82, 2.24) is 9.80 Å². The minimum atomic E-state index is -0.173. The van der Waals surface area contributed by atoms with E-state index in [9.17, 15) is 4.39 Å². The minimum Gasteiger partial charge on any atom is -0.329 e. The van der Waals surface area contributed by atoms with Gasteiger partial charge in [0.05, 0.1) is 0 Å². The van der Waals surface area contributed by atoms with E-state index in [1.165, 1.54) is 25.5 Å². The maximum atomic E-state index is 13.5. The first-order chi connectivity index (χ1) is 9.69. The van der Waals surface area contributed by atoms with Gasteiger partial charge < -0.3 is 5.73 Å². The molecule has 2 aliphatic rings. The Morgan fingerprint density at radius 1 is 1.40 bits per heavy atom. The number of nitrogens with zero attached hydrogens (tertiary/aromatic N) is 2. The van der Waals surface area contributed by atoms with Crippen LogP contribution in [-0.2, 0) is 0 Å². The Bertz CT molecular complexity index is 465. The van der Waals surface area contributed by atoms with Gasteiger partial charge in [-0.05, 0) is 44.0 Å². The maximum Gasteiger partial charge on any atom is 0.123 e. The van der Waals surface area contributed by atoms with E-state index >= 15 is 0 Å². The van der Waals surface area contributed by atoms with E-state index in [4.69, 9.17) is 5.73 Å². The highest BCUT2D eigenvalue weighted by Crippen LogP contribution is 2.31. The second kappa shape index (κ2) is 5.80. The Hall–Kier alpha value is -0.970. The summed E-state index contributed by atoms with van der Waals surface area (Å²) in [6.45, 7) is 6.20. The van der Waals surface area contributed by atoms with Crippen molar-refractivity contribution in [3.8, 4) is 0 Å². The van der Waals surface area contributed by atoms with Crippen LogP contribution in [0.15, 0.2) is 24.3 Å². The second-order valence-corrected chi connectivity index (χ2v) is 6.14. The fourth-order valence-corrected chi connectivity index (χ4v) is 3.82. The zero-order chi connectivity index (χ0) is 14.1. The Morgan fingerprint density at radius 2 is 2.25 bits per heavy atom. The first-order valence-corrected chi connectivity index (χ1v) is 7.64. The quantitative estimate of drug-likeness (QED) is 0.917. The molecule has 2 N–H and O–H groups in total. The van der Waals surface area contributed by atoms with Crippen LogP contribution < -0.4 is 5.73 Å². The van der Waals surface area contributed by atoms with Crippen molar-refractivity contribution in [1.29, 1.82) is 0 Å². The van der Waals surface area contributed by atoms with Gasteiger partial charge in [0.1, 0.15) is 5.82 Å². The van der Waals surface area contributed by atoms with Crippen LogP contribution in [0.3, 0.4) is 0 Å². The molecule has 0 bridgehead atoms. The Morgan fingerprint density at radius 3 is 3.00 bits per heavy atom. The highest BCUT2D eigenvalue weighted by atomic mass is 19.1. The van der Waals surface area contributed by atoms with Crippen LogP contribution in [0.4, 0.5) is 4.39 Å². The maximum absolute atomic E-state index is 13.5. The summed E-state index contributed by atoms with van der Waals surface area (Å²) in [7, 11) is 0. The summed E-state index contributed by atoms with van der Waals surface area (Å²) in [6, 6.07) is 8.16. The van der Waals surface area contributed by atoms with Gasteiger partial charge in [-0.3, -0.25) is 9.80 Å². The van der Waals surface area contributed by atoms with E-state index in [-0.39, 0.29) is 11.9 Å². The topological polar surface area (TPSA) is 32.5 Å². The van der Waals surface area contributed by atoms with Crippen LogP contribution in [0.25, 0.3) is 0 Å². The van der Waals surface area contributed by atoms with Crippen molar-refractivity contribution in [2.45, 2.75) is 37.9 Å². The molecule has 2 heterocycles. The van der Waals surface area contributed by atoms with Crippen LogP contribution >= 0.6 is 0 Å². The lowest BCUT2D eigenvalue weighted by Gasteiger charge is -2.46. The first kappa shape index (κ1) is 14.0. The summed E-state index contributed by atoms with van der Waals surface area (Å²) in [4.78, 5) is 5.07. The summed E-state index contributed by atoms with van der Waals surface area (Å²) >= 11 is 0. The molecule has 2 saturated heterocycles. The second-order valence-electron chi connectivity index (χ2n) is 6.14. The van der Waals surface area contributed by atoms with Crippen LogP contribution in [0.5, 0.6) is 0 Å². The van der Waals surface area contributed by atoms with Gasteiger partial charge in [0, 0.05) is 37.8 Å². The lowest BCUT2D eigenvalue weighted by Crippen LogP contribution is -2.56. The third-order valence-corrected chi connectivity index (χ3v) is 4.84. The monoisotopic (exact) mass is 277 g/mol. The molecule has 110 valence electrons. The lowest BCUT2D eigenvalue weighted by atomic mass is 9.99. The smallest absolute Gasteiger partial charge is 0.123 e. The zero-order valence-electron chi connectivity index (χ0n) is 12.1. The van der Waals surface area contributed by atoms with Crippen molar-refractivity contribution in [2.24, 2.45) is 5.73 Å². The predicted octanol–water partition coefficient (Wildman–Crippen LogP) is 1.99. The molecule has 20 heavy (non-hydrogen) atoms. The number of halogens is 1. The average molecular weight is 277 g/mol. The van der Waals surface area contributed by atoms with E-state index in [2.05, 4.69) is 16.7 Å². The van der Waals surface area contributed by atoms with Crippen molar-refractivity contribution >= 4 is 0 Å². The number of hydrogen-bond acceptors (Lipinski definition) is 3. The molecule has 3 rings (SSSR count). The zero-order valence-corrected chi connectivity index (χ0v) is 12.1. The number of piperazine rings is 1. The van der Waals surface area contributed by atoms with Gasteiger partial charge in [0.2, 0.25) is 0 Å². The Kier molecular flexibility index (Phi) is 4.06. The molecular formula is C16H24FN3. The predicted molar refractivity (Wildman–Crippen MR) is 79.0 cm³/mol. The van der Waals surface area contributed by atoms with Gasteiger partial charge in [0.25, 0.3) is 0 Å². The average Bonchev–Trinajstić information content (AvgIpc) is 2.87. The van der Waals surface area contributed by atoms with Crippen LogP contribution in [-0.4, -0.2) is 48.1 Å². The van der Waals surface area contributed by atoms with E-state index in [1.807, 2.05) is 6.07 Å². The molecule has 1 aromatic rings. The van der Waals surface area contributed by atoms with Gasteiger partial charge in [-0.25, -0.2) is 4.39 Å². The van der Waals surface area contributed by atoms with Crippen molar-refractivity contribution in [3.63, 3.8) is 0 Å². The highest BCUT2D eigenvalue weighted by molar-refractivity contribution is 5.21. The molecule has 4 heteroatoms. The standard InChI is InChI=1S/C16H24FN3/c1-12-10-19-7-3-6-15(19)11-20(12)16(9-18)13-4-2-5-14(17)8-13/h2,4-5,8,12,15-16H,3,6-7,9-11,18H2,1H3. The van der Waals surface area contributed by atoms with Gasteiger partial charge >= 0.3 is 0 Å². The third kappa shape index (κ3) is 2.60. The molecule has 0 spiro atoms. The molecule has 0 aliphatic carbocycles. The summed E-state index contributed by atoms with van der Waals surface area (Å²) in [6.07, 6.45) is 2.59. The van der Waals surface area contributed by atoms with Gasteiger partial charge in [0.15, 0.2) is 0 Å². The molecule has 0 aromatic heterocycles. The van der Waals surface area contributed by atoms with Crippen molar-refractivity contribution in [3.05, 3.63) is 35.6 Å². The molecule has 0 amide bonds. The molecule has 3 unspecified atom stereocenters. The largest absolute Gasteiger partial charge is 0.329 e. The van der Waals surface area contributed by atoms with Crippen molar-refractivity contribution < 1.29 is 4.39 Å². The molecule has 0 saturated carbocycles. The molecule has 3 nitrogen and oxygen atoms in total. The van der Waals surface area contributed by atoms with E-state index in [0.29, 0.717) is 18.6 Å². The normalized spacial score (nSPS) is 29.4. The van der Waals surface area contributed by atoms with Crippen LogP contribution in [0, 0.1) is 5.82 Å². The summed E-state index contributed by atoms with van der Waals surface area (Å²) in [5, 5.41) is 0. The first-order valence-electron chi connectivity index (χ1n) is 7.64. The number of benzene rings is 1. The number of nitrogens with two attached hydrogens (primary N) is 1. The summed E-state index contributed by atoms with van der Waals surface area (Å²) in [5.74, 6) is -0.173. The molecule has 0 radical (unpaired) electrons. The SMILES string of the molecule is CC1CN2CCCC2CN1C(CN)c1cccc(F)c1. The van der Waals surface area contributed by atoms with Gasteiger partial charge in [-0.15, -0.1) is 0 Å². The Labute approximate surface area is 120 Å². The van der Waals surface area contributed by atoms with E-state index in [0.717, 1.165) is 18.7 Å². The Balaban J connectivity index is 1.81. The fourth-order valence-electron chi connectivity index (χ4n) is 3.82. The number of rotatable bonds is 3. The summed E-state index contributed by atoms with van der Waals surface area (Å²) < 4.78 is 13.5. The van der Waals surface area contributed by atoms with Gasteiger partial charge in [-0.2, -0.15) is 0 Å². The summed E-state index contributed by atoms with van der Waals surface area (Å²) in [5.41, 5.74) is 7.01. The van der Waals surface area contributed by atoms with Crippen LogP contribution in [0.1, 0.15) is 31.4 Å². The van der Waals surface area contributed by atoms with Crippen LogP contribution in [0.2, 0.25) is 0 Å². The minimum absolute atomic E-state index is 0.128. The van der Waals surface area contributed by atoms with Gasteiger partial charge in [-0.1, -0.05) is 12.1 Å². The molecular weight excluding hydrogens is 253 g/mol. The molecule has 2 aliphatic heterocycles. The lowest BCUT2D eigenvalue weighted by molar-refractivity contribution is 0.0295. The molecule has 2 fully saturated rings. The molecule has 1 aromatic carbocycles. The number of fused-ring (bicyclic) bond motifs is 1. The molecule has 3 atom stereocenters. The highest BCUT2D eigenvalue weighted by Gasteiger charge is 2.37. The van der Waals surface area contributed by atoms with E-state index in [1.54, 1.807) is 12.1 Å². The fraction of sp³-hybridized carbons (Fsp3) is 0.625. The van der Waals surface area contributed by atoms with E-state index < -0.39 is 0 Å². The third-order valence-electron chi connectivity index (χ3n) is 4.84.